The molecule has 2 heterocycles. The van der Waals surface area contributed by atoms with Crippen LogP contribution in [-0.2, 0) is 26.1 Å². The molecule has 2 aromatic carbocycles. The third-order valence-corrected chi connectivity index (χ3v) is 6.79. The van der Waals surface area contributed by atoms with Crippen LogP contribution in [0.4, 0.5) is 5.69 Å². The van der Waals surface area contributed by atoms with Crippen molar-refractivity contribution in [1.29, 1.82) is 0 Å². The van der Waals surface area contributed by atoms with Gasteiger partial charge in [0.2, 0.25) is 0 Å². The number of aryl methyl sites for hydroxylation is 1. The van der Waals surface area contributed by atoms with Crippen molar-refractivity contribution in [3.05, 3.63) is 101 Å². The van der Waals surface area contributed by atoms with Crippen LogP contribution in [0.3, 0.4) is 0 Å². The average Bonchev–Trinajstić information content (AvgIpc) is 2.95. The van der Waals surface area contributed by atoms with Gasteiger partial charge in [0, 0.05) is 25.0 Å². The predicted octanol–water partition coefficient (Wildman–Crippen LogP) is 3.45. The first-order valence-electron chi connectivity index (χ1n) is 13.3. The molecule has 2 aromatic heterocycles. The first-order chi connectivity index (χ1) is 18.1. The average molecular weight is 626 g/mol. The third-order valence-electron chi connectivity index (χ3n) is 6.79. The van der Waals surface area contributed by atoms with E-state index in [2.05, 4.69) is 83.8 Å². The van der Waals surface area contributed by atoms with Crippen LogP contribution >= 0.6 is 0 Å². The molecule has 4 N–H and O–H groups in total. The number of aromatic nitrogens is 2. The summed E-state index contributed by atoms with van der Waals surface area (Å²) in [6.07, 6.45) is 7.14. The molecule has 0 radical (unpaired) electrons. The summed E-state index contributed by atoms with van der Waals surface area (Å²) in [4.78, 5) is 9.17. The fourth-order valence-electron chi connectivity index (χ4n) is 4.48. The van der Waals surface area contributed by atoms with E-state index in [-0.39, 0.29) is 68.9 Å². The molecule has 6 heteroatoms. The van der Waals surface area contributed by atoms with Crippen LogP contribution in [-0.4, -0.2) is 16.5 Å². The quantitative estimate of drug-likeness (QED) is 0.166. The number of nitrogens with two attached hydrogens (primary N) is 1. The molecule has 0 unspecified atom stereocenters. The zero-order valence-electron chi connectivity index (χ0n) is 23.3. The molecule has 0 aliphatic rings. The van der Waals surface area contributed by atoms with Gasteiger partial charge in [-0.1, -0.05) is 78.9 Å². The van der Waals surface area contributed by atoms with E-state index < -0.39 is 0 Å². The van der Waals surface area contributed by atoms with Crippen molar-refractivity contribution in [2.75, 3.05) is 11.9 Å². The molecule has 192 valence electrons. The van der Waals surface area contributed by atoms with Gasteiger partial charge in [0.05, 0.1) is 12.2 Å². The predicted molar refractivity (Wildman–Crippen MR) is 154 cm³/mol. The van der Waals surface area contributed by atoms with E-state index in [1.54, 1.807) is 0 Å². The zero-order chi connectivity index (χ0) is 26.0. The van der Waals surface area contributed by atoms with Gasteiger partial charge in [-0.3, -0.25) is 9.97 Å². The maximum Gasteiger partial charge on any atom is 1.00 e. The fraction of sp³-hybridized carbons (Fsp3) is 0.312. The smallest absolute Gasteiger partial charge is 0.380 e. The third kappa shape index (κ3) is 8.26. The van der Waals surface area contributed by atoms with E-state index in [1.807, 2.05) is 30.6 Å². The fourth-order valence-corrected chi connectivity index (χ4v) is 4.48. The van der Waals surface area contributed by atoms with Crippen LogP contribution in [0.15, 0.2) is 67.0 Å². The maximum atomic E-state index is 5.69. The van der Waals surface area contributed by atoms with Gasteiger partial charge in [-0.15, -0.1) is 17.7 Å². The van der Waals surface area contributed by atoms with Crippen LogP contribution in [0.1, 0.15) is 54.6 Å². The van der Waals surface area contributed by atoms with Gasteiger partial charge in [-0.05, 0) is 61.5 Å². The molecule has 5 nitrogen and oxygen atoms in total. The molecule has 0 aliphatic heterocycles. The van der Waals surface area contributed by atoms with Gasteiger partial charge >= 0.3 is 68.9 Å². The molecule has 0 bridgehead atoms. The van der Waals surface area contributed by atoms with E-state index in [4.69, 9.17) is 5.73 Å². The molecule has 0 saturated carbocycles. The second-order valence-corrected chi connectivity index (χ2v) is 9.39. The molecule has 0 saturated heterocycles. The van der Waals surface area contributed by atoms with Crippen molar-refractivity contribution in [3.8, 4) is 22.4 Å². The van der Waals surface area contributed by atoms with Gasteiger partial charge in [-0.25, -0.2) is 0 Å². The summed E-state index contributed by atoms with van der Waals surface area (Å²) < 4.78 is 0. The molecule has 4 aromatic rings. The minimum atomic E-state index is 0. The minimum absolute atomic E-state index is 0. The number of benzene rings is 2. The molecular formula is C32H38CsN5. The largest absolute Gasteiger partial charge is 1.00 e. The second-order valence-electron chi connectivity index (χ2n) is 9.39. The van der Waals surface area contributed by atoms with E-state index in [9.17, 15) is 0 Å². The Morgan fingerprint density at radius 2 is 1.82 bits per heavy atom. The number of nitrogens with one attached hydrogen (secondary N) is 2. The molecule has 0 fully saturated rings. The Hall–Kier alpha value is -1.49. The van der Waals surface area contributed by atoms with Gasteiger partial charge < -0.3 is 16.4 Å². The van der Waals surface area contributed by atoms with Gasteiger partial charge in [0.15, 0.2) is 0 Å². The van der Waals surface area contributed by atoms with Crippen LogP contribution in [0.5, 0.6) is 0 Å². The second kappa shape index (κ2) is 15.9. The zero-order valence-corrected chi connectivity index (χ0v) is 29.6. The Morgan fingerprint density at radius 1 is 0.947 bits per heavy atom. The van der Waals surface area contributed by atoms with E-state index in [1.165, 1.54) is 29.5 Å². The monoisotopic (exact) mass is 625 g/mol. The maximum absolute atomic E-state index is 5.69. The van der Waals surface area contributed by atoms with Crippen molar-refractivity contribution >= 4 is 5.69 Å². The van der Waals surface area contributed by atoms with Crippen LogP contribution in [0.2, 0.25) is 0 Å². The topological polar surface area (TPSA) is 75.9 Å². The molecular weight excluding hydrogens is 587 g/mol. The summed E-state index contributed by atoms with van der Waals surface area (Å²) in [6.45, 7) is 9.71. The van der Waals surface area contributed by atoms with Crippen molar-refractivity contribution in [2.24, 2.45) is 5.73 Å². The Kier molecular flexibility index (Phi) is 13.0. The van der Waals surface area contributed by atoms with Crippen molar-refractivity contribution in [1.82, 2.24) is 15.3 Å². The molecule has 38 heavy (non-hydrogen) atoms. The number of anilines is 1. The number of rotatable bonds is 12. The summed E-state index contributed by atoms with van der Waals surface area (Å²) in [6, 6.07) is 22.7. The van der Waals surface area contributed by atoms with Gasteiger partial charge in [0.25, 0.3) is 0 Å². The summed E-state index contributed by atoms with van der Waals surface area (Å²) in [7, 11) is 0. The summed E-state index contributed by atoms with van der Waals surface area (Å²) in [5.41, 5.74) is 16.9. The standard InChI is InChI=1S/C32H38N5.Cs/c1-4-6-15-34-21-28-12-11-27(17-25(28)5-2)32-18-26(14-16-35-32)30-8-7-9-31(23(30)3)37-22-29-13-10-24(19-33)20-36-29;/h7-14,16-17,20,34,37H,4-6,15,19,21-22,33H2,1-3H3;/q-1;+1. The Morgan fingerprint density at radius 3 is 2.55 bits per heavy atom. The number of hydrogen-bond donors (Lipinski definition) is 3. The summed E-state index contributed by atoms with van der Waals surface area (Å²) >= 11 is 0. The number of pyridine rings is 2. The van der Waals surface area contributed by atoms with Crippen LogP contribution in [0.25, 0.3) is 22.4 Å². The first kappa shape index (κ1) is 31.0. The molecule has 0 aliphatic carbocycles. The number of unbranched alkanes of at least 4 members (excludes halogenated alkanes) is 1. The normalized spacial score (nSPS) is 10.7. The van der Waals surface area contributed by atoms with Gasteiger partial charge in [-0.2, -0.15) is 0 Å². The van der Waals surface area contributed by atoms with E-state index in [0.717, 1.165) is 58.8 Å². The van der Waals surface area contributed by atoms with Crippen LogP contribution in [0, 0.1) is 13.0 Å². The van der Waals surface area contributed by atoms with Crippen molar-refractivity contribution < 1.29 is 68.9 Å². The Bertz CT molecular complexity index is 1300. The SMILES string of the molecule is CCCCNCc1ccc(-c2[c-]c(-c3cccc(NCc4ccc(CN)cn4)c3C)ccn2)cc1CC.[Cs+]. The Balaban J connectivity index is 0.00000400. The molecule has 0 spiro atoms. The summed E-state index contributed by atoms with van der Waals surface area (Å²) in [5, 5.41) is 7.11. The van der Waals surface area contributed by atoms with E-state index in [0.29, 0.717) is 13.1 Å². The summed E-state index contributed by atoms with van der Waals surface area (Å²) in [5.74, 6) is 0. The van der Waals surface area contributed by atoms with Crippen molar-refractivity contribution in [2.45, 2.75) is 59.7 Å². The molecule has 0 atom stereocenters. The van der Waals surface area contributed by atoms with Crippen LogP contribution < -0.4 is 85.3 Å². The van der Waals surface area contributed by atoms with E-state index >= 15 is 0 Å². The molecule has 4 rings (SSSR count). The van der Waals surface area contributed by atoms with Gasteiger partial charge in [0.1, 0.15) is 0 Å². The Labute approximate surface area is 286 Å². The van der Waals surface area contributed by atoms with Crippen molar-refractivity contribution in [3.63, 3.8) is 0 Å². The minimum Gasteiger partial charge on any atom is -0.380 e. The number of nitrogens with zero attached hydrogens (tertiary/aromatic N) is 2. The molecule has 0 amide bonds. The first-order valence-corrected chi connectivity index (χ1v) is 13.3. The number of hydrogen-bond acceptors (Lipinski definition) is 5.